The van der Waals surface area contributed by atoms with Crippen molar-refractivity contribution in [2.24, 2.45) is 0 Å². The van der Waals surface area contributed by atoms with Crippen molar-refractivity contribution in [1.82, 2.24) is 0 Å². The Bertz CT molecular complexity index is 606. The molecule has 0 unspecified atom stereocenters. The SMILES string of the molecule is CC(=O)Nc1ccc(NCc2ccc(O)cc2)cc1C. The van der Waals surface area contributed by atoms with Crippen LogP contribution in [0.1, 0.15) is 18.1 Å². The summed E-state index contributed by atoms with van der Waals surface area (Å²) in [7, 11) is 0. The average Bonchev–Trinajstić information content (AvgIpc) is 2.40. The number of aryl methyl sites for hydroxylation is 1. The van der Waals surface area contributed by atoms with Crippen molar-refractivity contribution in [2.75, 3.05) is 10.6 Å². The van der Waals surface area contributed by atoms with Crippen LogP contribution in [0.5, 0.6) is 5.75 Å². The lowest BCUT2D eigenvalue weighted by atomic mass is 10.1. The Morgan fingerprint density at radius 3 is 2.45 bits per heavy atom. The Morgan fingerprint density at radius 1 is 1.15 bits per heavy atom. The van der Waals surface area contributed by atoms with Gasteiger partial charge in [-0.1, -0.05) is 12.1 Å². The molecule has 4 nitrogen and oxygen atoms in total. The molecule has 0 bridgehead atoms. The number of hydrogen-bond acceptors (Lipinski definition) is 3. The molecule has 1 amide bonds. The number of rotatable bonds is 4. The normalized spacial score (nSPS) is 10.1. The maximum Gasteiger partial charge on any atom is 0.221 e. The Morgan fingerprint density at radius 2 is 1.85 bits per heavy atom. The van der Waals surface area contributed by atoms with Crippen LogP contribution in [-0.2, 0) is 11.3 Å². The molecule has 104 valence electrons. The molecule has 2 aromatic rings. The van der Waals surface area contributed by atoms with Gasteiger partial charge >= 0.3 is 0 Å². The minimum absolute atomic E-state index is 0.0714. The molecule has 2 rings (SSSR count). The first kappa shape index (κ1) is 13.9. The second-order valence-electron chi connectivity index (χ2n) is 4.73. The number of phenolic OH excluding ortho intramolecular Hbond substituents is 1. The summed E-state index contributed by atoms with van der Waals surface area (Å²) < 4.78 is 0. The van der Waals surface area contributed by atoms with Crippen molar-refractivity contribution in [1.29, 1.82) is 0 Å². The van der Waals surface area contributed by atoms with Gasteiger partial charge in [-0.2, -0.15) is 0 Å². The predicted molar refractivity (Wildman–Crippen MR) is 80.9 cm³/mol. The summed E-state index contributed by atoms with van der Waals surface area (Å²) in [5, 5.41) is 15.3. The molecule has 0 aliphatic carbocycles. The van der Waals surface area contributed by atoms with Gasteiger partial charge in [-0.25, -0.2) is 0 Å². The van der Waals surface area contributed by atoms with E-state index >= 15 is 0 Å². The van der Waals surface area contributed by atoms with E-state index in [2.05, 4.69) is 10.6 Å². The fourth-order valence-corrected chi connectivity index (χ4v) is 1.92. The lowest BCUT2D eigenvalue weighted by Crippen LogP contribution is -2.07. The van der Waals surface area contributed by atoms with Crippen LogP contribution in [0.3, 0.4) is 0 Å². The number of hydrogen-bond donors (Lipinski definition) is 3. The molecule has 0 aliphatic heterocycles. The van der Waals surface area contributed by atoms with Gasteiger partial charge in [-0.15, -0.1) is 0 Å². The van der Waals surface area contributed by atoms with Gasteiger partial charge in [0, 0.05) is 24.8 Å². The Kier molecular flexibility index (Phi) is 4.25. The molecule has 0 fully saturated rings. The fourth-order valence-electron chi connectivity index (χ4n) is 1.92. The van der Waals surface area contributed by atoms with Crippen LogP contribution in [0.15, 0.2) is 42.5 Å². The van der Waals surface area contributed by atoms with Gasteiger partial charge in [-0.3, -0.25) is 4.79 Å². The largest absolute Gasteiger partial charge is 0.508 e. The maximum absolute atomic E-state index is 11.0. The zero-order chi connectivity index (χ0) is 14.5. The molecule has 0 atom stereocenters. The molecule has 0 aromatic heterocycles. The van der Waals surface area contributed by atoms with Crippen molar-refractivity contribution in [2.45, 2.75) is 20.4 Å². The van der Waals surface area contributed by atoms with E-state index in [4.69, 9.17) is 0 Å². The van der Waals surface area contributed by atoms with Crippen molar-refractivity contribution >= 4 is 17.3 Å². The lowest BCUT2D eigenvalue weighted by molar-refractivity contribution is -0.114. The first-order chi connectivity index (χ1) is 9.54. The van der Waals surface area contributed by atoms with Gasteiger partial charge in [0.15, 0.2) is 0 Å². The van der Waals surface area contributed by atoms with Crippen LogP contribution in [-0.4, -0.2) is 11.0 Å². The number of carbonyl (C=O) groups excluding carboxylic acids is 1. The summed E-state index contributed by atoms with van der Waals surface area (Å²) in [6, 6.07) is 12.9. The molecule has 0 heterocycles. The number of carbonyl (C=O) groups is 1. The molecule has 20 heavy (non-hydrogen) atoms. The summed E-state index contributed by atoms with van der Waals surface area (Å²) in [5.41, 5.74) is 3.92. The highest BCUT2D eigenvalue weighted by Crippen LogP contribution is 2.20. The molecule has 4 heteroatoms. The molecule has 2 aromatic carbocycles. The van der Waals surface area contributed by atoms with Gasteiger partial charge < -0.3 is 15.7 Å². The third-order valence-electron chi connectivity index (χ3n) is 2.97. The highest BCUT2D eigenvalue weighted by atomic mass is 16.3. The molecule has 0 saturated heterocycles. The van der Waals surface area contributed by atoms with Gasteiger partial charge in [0.05, 0.1) is 0 Å². The van der Waals surface area contributed by atoms with Crippen molar-refractivity contribution in [3.63, 3.8) is 0 Å². The van der Waals surface area contributed by atoms with Crippen molar-refractivity contribution in [3.8, 4) is 5.75 Å². The van der Waals surface area contributed by atoms with E-state index in [1.807, 2.05) is 37.3 Å². The topological polar surface area (TPSA) is 61.4 Å². The van der Waals surface area contributed by atoms with Gasteiger partial charge in [0.25, 0.3) is 0 Å². The fraction of sp³-hybridized carbons (Fsp3) is 0.188. The zero-order valence-corrected chi connectivity index (χ0v) is 11.6. The van der Waals surface area contributed by atoms with Crippen LogP contribution < -0.4 is 10.6 Å². The van der Waals surface area contributed by atoms with Gasteiger partial charge in [-0.05, 0) is 48.4 Å². The van der Waals surface area contributed by atoms with Crippen LogP contribution in [0.2, 0.25) is 0 Å². The summed E-state index contributed by atoms with van der Waals surface area (Å²) in [5.74, 6) is 0.196. The molecular weight excluding hydrogens is 252 g/mol. The predicted octanol–water partition coefficient (Wildman–Crippen LogP) is 3.27. The van der Waals surface area contributed by atoms with Crippen LogP contribution in [0.4, 0.5) is 11.4 Å². The first-order valence-electron chi connectivity index (χ1n) is 6.44. The average molecular weight is 270 g/mol. The monoisotopic (exact) mass is 270 g/mol. The number of phenols is 1. The second-order valence-corrected chi connectivity index (χ2v) is 4.73. The van der Waals surface area contributed by atoms with Crippen molar-refractivity contribution in [3.05, 3.63) is 53.6 Å². The molecule has 0 saturated carbocycles. The quantitative estimate of drug-likeness (QED) is 0.799. The van der Waals surface area contributed by atoms with E-state index in [-0.39, 0.29) is 11.7 Å². The molecule has 0 aliphatic rings. The third kappa shape index (κ3) is 3.75. The zero-order valence-electron chi connectivity index (χ0n) is 11.6. The maximum atomic E-state index is 11.0. The Hall–Kier alpha value is -2.49. The number of nitrogens with one attached hydrogen (secondary N) is 2. The van der Waals surface area contributed by atoms with E-state index in [9.17, 15) is 9.90 Å². The summed E-state index contributed by atoms with van der Waals surface area (Å²) >= 11 is 0. The van der Waals surface area contributed by atoms with Crippen LogP contribution >= 0.6 is 0 Å². The van der Waals surface area contributed by atoms with E-state index in [1.54, 1.807) is 12.1 Å². The molecule has 3 N–H and O–H groups in total. The number of amides is 1. The minimum atomic E-state index is -0.0714. The van der Waals surface area contributed by atoms with Gasteiger partial charge in [0.2, 0.25) is 5.91 Å². The van der Waals surface area contributed by atoms with Crippen LogP contribution in [0.25, 0.3) is 0 Å². The van der Waals surface area contributed by atoms with Gasteiger partial charge in [0.1, 0.15) is 5.75 Å². The highest BCUT2D eigenvalue weighted by Gasteiger charge is 2.02. The number of anilines is 2. The van der Waals surface area contributed by atoms with E-state index in [0.29, 0.717) is 6.54 Å². The summed E-state index contributed by atoms with van der Waals surface area (Å²) in [6.07, 6.45) is 0. The highest BCUT2D eigenvalue weighted by molar-refractivity contribution is 5.89. The lowest BCUT2D eigenvalue weighted by Gasteiger charge is -2.11. The molecular formula is C16H18N2O2. The van der Waals surface area contributed by atoms with Crippen molar-refractivity contribution < 1.29 is 9.90 Å². The Balaban J connectivity index is 2.01. The standard InChI is InChI=1S/C16H18N2O2/c1-11-9-14(5-8-16(11)18-12(2)19)17-10-13-3-6-15(20)7-4-13/h3-9,17,20H,10H2,1-2H3,(H,18,19). The summed E-state index contributed by atoms with van der Waals surface area (Å²) in [4.78, 5) is 11.0. The van der Waals surface area contributed by atoms with E-state index < -0.39 is 0 Å². The van der Waals surface area contributed by atoms with E-state index in [1.165, 1.54) is 6.92 Å². The number of benzene rings is 2. The molecule has 0 spiro atoms. The summed E-state index contributed by atoms with van der Waals surface area (Å²) in [6.45, 7) is 4.13. The second kappa shape index (κ2) is 6.10. The number of aromatic hydroxyl groups is 1. The Labute approximate surface area is 118 Å². The minimum Gasteiger partial charge on any atom is -0.508 e. The molecule has 0 radical (unpaired) electrons. The third-order valence-corrected chi connectivity index (χ3v) is 2.97. The first-order valence-corrected chi connectivity index (χ1v) is 6.44. The van der Waals surface area contributed by atoms with Crippen LogP contribution in [0, 0.1) is 6.92 Å². The van der Waals surface area contributed by atoms with E-state index in [0.717, 1.165) is 22.5 Å². The smallest absolute Gasteiger partial charge is 0.221 e.